The molecular weight excluding hydrogens is 245 g/mol. The van der Waals surface area contributed by atoms with E-state index in [0.29, 0.717) is 0 Å². The number of aromatic nitrogens is 1. The number of hydroxylamine groups is 1. The van der Waals surface area contributed by atoms with Gasteiger partial charge in [-0.1, -0.05) is 19.3 Å². The zero-order valence-electron chi connectivity index (χ0n) is 9.83. The standard InChI is InChI=1S/C12H15F3N2O/c13-12(14,15)9-6-7-11(16-8-9)18-17-10-4-2-1-3-5-10/h6-8,10,17H,1-5H2. The summed E-state index contributed by atoms with van der Waals surface area (Å²) in [5.41, 5.74) is 2.08. The van der Waals surface area contributed by atoms with E-state index >= 15 is 0 Å². The van der Waals surface area contributed by atoms with Crippen LogP contribution in [0, 0.1) is 0 Å². The second-order valence-electron chi connectivity index (χ2n) is 4.44. The Labute approximate surface area is 103 Å². The molecule has 0 atom stereocenters. The molecule has 0 aliphatic heterocycles. The fourth-order valence-electron chi connectivity index (χ4n) is 1.97. The van der Waals surface area contributed by atoms with E-state index < -0.39 is 11.7 Å². The van der Waals surface area contributed by atoms with Crippen molar-refractivity contribution in [1.29, 1.82) is 0 Å². The molecule has 1 N–H and O–H groups in total. The molecular formula is C12H15F3N2O. The number of rotatable bonds is 3. The monoisotopic (exact) mass is 260 g/mol. The van der Waals surface area contributed by atoms with E-state index in [9.17, 15) is 13.2 Å². The fourth-order valence-corrected chi connectivity index (χ4v) is 1.97. The minimum Gasteiger partial charge on any atom is -0.388 e. The van der Waals surface area contributed by atoms with Gasteiger partial charge in [0.15, 0.2) is 0 Å². The van der Waals surface area contributed by atoms with Crippen LogP contribution in [0.25, 0.3) is 0 Å². The van der Waals surface area contributed by atoms with E-state index in [4.69, 9.17) is 4.84 Å². The maximum Gasteiger partial charge on any atom is 0.417 e. The highest BCUT2D eigenvalue weighted by atomic mass is 19.4. The molecule has 1 saturated carbocycles. The first-order valence-corrected chi connectivity index (χ1v) is 6.01. The highest BCUT2D eigenvalue weighted by Gasteiger charge is 2.30. The quantitative estimate of drug-likeness (QED) is 0.846. The van der Waals surface area contributed by atoms with Gasteiger partial charge in [-0.2, -0.15) is 18.7 Å². The number of nitrogens with one attached hydrogen (secondary N) is 1. The molecule has 0 unspecified atom stereocenters. The number of halogens is 3. The number of nitrogens with zero attached hydrogens (tertiary/aromatic N) is 1. The summed E-state index contributed by atoms with van der Waals surface area (Å²) in [5.74, 6) is 0.161. The second kappa shape index (κ2) is 5.56. The van der Waals surface area contributed by atoms with E-state index in [-0.39, 0.29) is 11.9 Å². The fraction of sp³-hybridized carbons (Fsp3) is 0.583. The second-order valence-corrected chi connectivity index (χ2v) is 4.44. The number of hydrogen-bond donors (Lipinski definition) is 1. The zero-order valence-corrected chi connectivity index (χ0v) is 9.83. The topological polar surface area (TPSA) is 34.1 Å². The average Bonchev–Trinajstić information content (AvgIpc) is 2.37. The Bertz CT molecular complexity index is 372. The van der Waals surface area contributed by atoms with Gasteiger partial charge in [0.25, 0.3) is 0 Å². The van der Waals surface area contributed by atoms with Gasteiger partial charge in [0, 0.05) is 18.3 Å². The molecule has 1 aliphatic rings. The third-order valence-corrected chi connectivity index (χ3v) is 3.00. The first-order chi connectivity index (χ1) is 8.55. The Kier molecular flexibility index (Phi) is 4.06. The molecule has 2 rings (SSSR count). The molecule has 3 nitrogen and oxygen atoms in total. The average molecular weight is 260 g/mol. The van der Waals surface area contributed by atoms with Crippen LogP contribution in [0.15, 0.2) is 18.3 Å². The SMILES string of the molecule is FC(F)(F)c1ccc(ONC2CCCCC2)nc1. The van der Waals surface area contributed by atoms with Gasteiger partial charge in [0.05, 0.1) is 5.56 Å². The lowest BCUT2D eigenvalue weighted by Crippen LogP contribution is -2.33. The van der Waals surface area contributed by atoms with Crippen LogP contribution in [0.1, 0.15) is 37.7 Å². The van der Waals surface area contributed by atoms with Crippen LogP contribution >= 0.6 is 0 Å². The van der Waals surface area contributed by atoms with Gasteiger partial charge in [-0.15, -0.1) is 0 Å². The van der Waals surface area contributed by atoms with Crippen LogP contribution in [-0.2, 0) is 6.18 Å². The summed E-state index contributed by atoms with van der Waals surface area (Å²) in [5, 5.41) is 0. The number of alkyl halides is 3. The third-order valence-electron chi connectivity index (χ3n) is 3.00. The molecule has 1 heterocycles. The van der Waals surface area contributed by atoms with Crippen molar-refractivity contribution in [3.05, 3.63) is 23.9 Å². The lowest BCUT2D eigenvalue weighted by Gasteiger charge is -2.22. The molecule has 1 aliphatic carbocycles. The first-order valence-electron chi connectivity index (χ1n) is 6.01. The van der Waals surface area contributed by atoms with Crippen molar-refractivity contribution in [3.8, 4) is 5.88 Å². The van der Waals surface area contributed by atoms with E-state index in [1.54, 1.807) is 0 Å². The minimum atomic E-state index is -4.36. The van der Waals surface area contributed by atoms with Gasteiger partial charge in [-0.25, -0.2) is 4.98 Å². The molecule has 1 aromatic rings. The molecule has 0 saturated heterocycles. The molecule has 100 valence electrons. The van der Waals surface area contributed by atoms with E-state index in [1.165, 1.54) is 12.5 Å². The predicted molar refractivity (Wildman–Crippen MR) is 59.9 cm³/mol. The van der Waals surface area contributed by atoms with Crippen molar-refractivity contribution >= 4 is 0 Å². The summed E-state index contributed by atoms with van der Waals surface area (Å²) in [6.07, 6.45) is 2.02. The summed E-state index contributed by atoms with van der Waals surface area (Å²) in [6.45, 7) is 0. The van der Waals surface area contributed by atoms with Crippen molar-refractivity contribution < 1.29 is 18.0 Å². The van der Waals surface area contributed by atoms with Crippen LogP contribution in [-0.4, -0.2) is 11.0 Å². The Morgan fingerprint density at radius 3 is 2.44 bits per heavy atom. The van der Waals surface area contributed by atoms with Crippen molar-refractivity contribution in [2.75, 3.05) is 0 Å². The minimum absolute atomic E-state index is 0.161. The lowest BCUT2D eigenvalue weighted by molar-refractivity contribution is -0.137. The van der Waals surface area contributed by atoms with Gasteiger partial charge in [0.2, 0.25) is 5.88 Å². The van der Waals surface area contributed by atoms with Crippen LogP contribution in [0.4, 0.5) is 13.2 Å². The Morgan fingerprint density at radius 2 is 1.89 bits per heavy atom. The summed E-state index contributed by atoms with van der Waals surface area (Å²) in [7, 11) is 0. The van der Waals surface area contributed by atoms with Gasteiger partial charge in [-0.05, 0) is 18.9 Å². The Hall–Kier alpha value is -1.30. The van der Waals surface area contributed by atoms with Crippen molar-refractivity contribution in [3.63, 3.8) is 0 Å². The number of pyridine rings is 1. The Morgan fingerprint density at radius 1 is 1.17 bits per heavy atom. The van der Waals surface area contributed by atoms with Gasteiger partial charge in [0.1, 0.15) is 0 Å². The molecule has 6 heteroatoms. The largest absolute Gasteiger partial charge is 0.417 e. The lowest BCUT2D eigenvalue weighted by atomic mass is 9.96. The smallest absolute Gasteiger partial charge is 0.388 e. The van der Waals surface area contributed by atoms with E-state index in [2.05, 4.69) is 10.5 Å². The van der Waals surface area contributed by atoms with E-state index in [1.807, 2.05) is 0 Å². The molecule has 0 aromatic carbocycles. The van der Waals surface area contributed by atoms with Crippen molar-refractivity contribution in [2.24, 2.45) is 0 Å². The third kappa shape index (κ3) is 3.60. The maximum atomic E-state index is 12.3. The number of hydrogen-bond acceptors (Lipinski definition) is 3. The maximum absolute atomic E-state index is 12.3. The van der Waals surface area contributed by atoms with E-state index in [0.717, 1.165) is 37.9 Å². The van der Waals surface area contributed by atoms with Crippen molar-refractivity contribution in [2.45, 2.75) is 44.3 Å². The molecule has 0 radical (unpaired) electrons. The first kappa shape index (κ1) is 13.1. The van der Waals surface area contributed by atoms with Gasteiger partial charge < -0.3 is 4.84 Å². The summed E-state index contributed by atoms with van der Waals surface area (Å²) >= 11 is 0. The van der Waals surface area contributed by atoms with Crippen LogP contribution in [0.5, 0.6) is 5.88 Å². The van der Waals surface area contributed by atoms with Gasteiger partial charge >= 0.3 is 6.18 Å². The Balaban J connectivity index is 1.86. The molecule has 1 aromatic heterocycles. The molecule has 0 spiro atoms. The summed E-state index contributed by atoms with van der Waals surface area (Å²) in [4.78, 5) is 8.81. The van der Waals surface area contributed by atoms with Crippen LogP contribution < -0.4 is 10.3 Å². The highest BCUT2D eigenvalue weighted by molar-refractivity contribution is 5.19. The summed E-state index contributed by atoms with van der Waals surface area (Å²) < 4.78 is 36.9. The normalized spacial score (nSPS) is 17.7. The van der Waals surface area contributed by atoms with Crippen LogP contribution in [0.3, 0.4) is 0 Å². The molecule has 0 amide bonds. The van der Waals surface area contributed by atoms with Gasteiger partial charge in [-0.3, -0.25) is 0 Å². The zero-order chi connectivity index (χ0) is 13.0. The van der Waals surface area contributed by atoms with Crippen molar-refractivity contribution in [1.82, 2.24) is 10.5 Å². The van der Waals surface area contributed by atoms with Crippen LogP contribution in [0.2, 0.25) is 0 Å². The summed E-state index contributed by atoms with van der Waals surface area (Å²) in [6, 6.07) is 2.45. The molecule has 0 bridgehead atoms. The molecule has 18 heavy (non-hydrogen) atoms. The predicted octanol–water partition coefficient (Wildman–Crippen LogP) is 3.32. The molecule has 1 fully saturated rings. The highest BCUT2D eigenvalue weighted by Crippen LogP contribution is 2.29.